The summed E-state index contributed by atoms with van der Waals surface area (Å²) >= 11 is 0. The number of carbonyl (C=O) groups is 2. The first-order chi connectivity index (χ1) is 26.9. The molecule has 4 aromatic carbocycles. The molecule has 8 unspecified atom stereocenters. The first-order valence-corrected chi connectivity index (χ1v) is 21.7. The zero-order valence-electron chi connectivity index (χ0n) is 32.6. The van der Waals surface area contributed by atoms with Crippen LogP contribution in [0.4, 0.5) is 0 Å². The Morgan fingerprint density at radius 1 is 0.579 bits per heavy atom. The van der Waals surface area contributed by atoms with Crippen LogP contribution in [0, 0.1) is 22.7 Å². The maximum atomic E-state index is 14.5. The van der Waals surface area contributed by atoms with E-state index in [9.17, 15) is 38.4 Å². The molecule has 57 heavy (non-hydrogen) atoms. The maximum Gasteiger partial charge on any atom is 0.312 e. The van der Waals surface area contributed by atoms with E-state index in [1.165, 1.54) is 0 Å². The van der Waals surface area contributed by atoms with Crippen LogP contribution in [0.15, 0.2) is 70.5 Å². The number of aromatic nitrogens is 2. The van der Waals surface area contributed by atoms with Crippen molar-refractivity contribution in [3.05, 3.63) is 82.9 Å². The molecular formula is C46H48N2O8S. The number of rotatable bonds is 4. The van der Waals surface area contributed by atoms with Crippen molar-refractivity contribution in [1.82, 2.24) is 9.97 Å². The predicted octanol–water partition coefficient (Wildman–Crippen LogP) is 7.92. The molecule has 6 aromatic rings. The Balaban J connectivity index is 1.06. The standard InChI is InChI=1S/C46H48N2O8S/c1-43-15-13-39(49)45(3,41(51)52)37(43)11-5-23-17-35-29(21-31(23)43)27-19-25(7-9-33(27)47-35)57(55,56)26-8-10-34-28(20-26)30-22-32-24(18-36(30)48-34)6-12-38-44(32,2)16-14-40(50)46(38,4)42(53)54/h7-10,17-22,37-40,47-50H,5-6,11-16H2,1-4H3,(H,51,52)(H,53,54). The molecule has 0 amide bonds. The maximum absolute atomic E-state index is 14.5. The van der Waals surface area contributed by atoms with E-state index in [1.54, 1.807) is 38.1 Å². The van der Waals surface area contributed by atoms with Crippen molar-refractivity contribution in [1.29, 1.82) is 0 Å². The number of hydrogen-bond acceptors (Lipinski definition) is 6. The number of sulfone groups is 1. The van der Waals surface area contributed by atoms with Crippen molar-refractivity contribution in [2.45, 2.75) is 112 Å². The van der Waals surface area contributed by atoms with Gasteiger partial charge in [-0.3, -0.25) is 9.59 Å². The normalized spacial score (nSPS) is 32.5. The van der Waals surface area contributed by atoms with E-state index in [0.29, 0.717) is 51.4 Å². The topological polar surface area (TPSA) is 181 Å². The Kier molecular flexibility index (Phi) is 7.52. The lowest BCUT2D eigenvalue weighted by Gasteiger charge is -2.55. The molecule has 10 rings (SSSR count). The fourth-order valence-electron chi connectivity index (χ4n) is 12.6. The molecule has 2 heterocycles. The average Bonchev–Trinajstić information content (AvgIpc) is 3.73. The summed E-state index contributed by atoms with van der Waals surface area (Å²) in [4.78, 5) is 32.6. The summed E-state index contributed by atoms with van der Waals surface area (Å²) < 4.78 is 29.1. The van der Waals surface area contributed by atoms with Crippen molar-refractivity contribution in [2.75, 3.05) is 0 Å². The second-order valence-electron chi connectivity index (χ2n) is 18.6. The van der Waals surface area contributed by atoms with Gasteiger partial charge in [-0.05, 0) is 171 Å². The number of aryl methyl sites for hydroxylation is 2. The van der Waals surface area contributed by atoms with E-state index < -0.39 is 55.6 Å². The van der Waals surface area contributed by atoms with Crippen molar-refractivity contribution in [3.8, 4) is 0 Å². The van der Waals surface area contributed by atoms with Gasteiger partial charge in [-0.15, -0.1) is 0 Å². The Hall–Kier alpha value is -4.71. The largest absolute Gasteiger partial charge is 0.481 e. The fourth-order valence-corrected chi connectivity index (χ4v) is 13.9. The van der Waals surface area contributed by atoms with Gasteiger partial charge in [0.25, 0.3) is 0 Å². The van der Waals surface area contributed by atoms with Crippen LogP contribution in [-0.4, -0.2) is 63.0 Å². The van der Waals surface area contributed by atoms with Crippen molar-refractivity contribution in [2.24, 2.45) is 22.7 Å². The van der Waals surface area contributed by atoms with E-state index in [1.807, 2.05) is 12.1 Å². The van der Waals surface area contributed by atoms with Gasteiger partial charge < -0.3 is 30.4 Å². The van der Waals surface area contributed by atoms with Gasteiger partial charge in [0.2, 0.25) is 9.84 Å². The third-order valence-corrected chi connectivity index (χ3v) is 17.8. The lowest BCUT2D eigenvalue weighted by Crippen LogP contribution is -2.58. The number of aliphatic carboxylic acids is 2. The summed E-state index contributed by atoms with van der Waals surface area (Å²) in [5.41, 5.74) is 4.37. The molecule has 296 valence electrons. The molecule has 6 N–H and O–H groups in total. The number of aliphatic hydroxyl groups is 2. The SMILES string of the molecule is CC12CCC(O)C(C)(C(=O)O)C1CCc1cc3[nH]c4ccc(S(=O)(=O)c5ccc6[nH]c7cc8c(cc7c6c5)C5(C)CCC(O)C(C)(C(=O)O)C5CC8)cc4c3cc12. The van der Waals surface area contributed by atoms with Crippen molar-refractivity contribution >= 4 is 65.4 Å². The molecule has 10 nitrogen and oxygen atoms in total. The number of fused-ring (bicyclic) bond motifs is 12. The second kappa shape index (κ2) is 11.7. The van der Waals surface area contributed by atoms with Crippen LogP contribution in [0.3, 0.4) is 0 Å². The summed E-state index contributed by atoms with van der Waals surface area (Å²) in [6.07, 6.45) is 2.96. The number of carboxylic acid groups (broad SMARTS) is 2. The molecule has 0 spiro atoms. The highest BCUT2D eigenvalue weighted by molar-refractivity contribution is 7.91. The minimum absolute atomic E-state index is 0.164. The monoisotopic (exact) mass is 788 g/mol. The van der Waals surface area contributed by atoms with Crippen LogP contribution in [0.25, 0.3) is 43.6 Å². The number of aliphatic hydroxyl groups excluding tert-OH is 2. The zero-order chi connectivity index (χ0) is 40.2. The second-order valence-corrected chi connectivity index (χ2v) is 20.5. The summed E-state index contributed by atoms with van der Waals surface area (Å²) in [6, 6.07) is 18.9. The van der Waals surface area contributed by atoms with Crippen LogP contribution in [0.2, 0.25) is 0 Å². The number of benzene rings is 4. The molecule has 0 saturated heterocycles. The third-order valence-electron chi connectivity index (χ3n) is 16.0. The molecule has 4 aliphatic rings. The lowest BCUT2D eigenvalue weighted by molar-refractivity contribution is -0.172. The molecule has 0 bridgehead atoms. The van der Waals surface area contributed by atoms with Gasteiger partial charge >= 0.3 is 11.9 Å². The van der Waals surface area contributed by atoms with Crippen LogP contribution in [0.1, 0.15) is 88.5 Å². The first-order valence-electron chi connectivity index (χ1n) is 20.2. The Morgan fingerprint density at radius 3 is 1.35 bits per heavy atom. The Bertz CT molecular complexity index is 2690. The van der Waals surface area contributed by atoms with Gasteiger partial charge in [-0.1, -0.05) is 13.8 Å². The molecule has 2 fully saturated rings. The Labute approximate surface area is 330 Å². The van der Waals surface area contributed by atoms with E-state index >= 15 is 0 Å². The number of hydrogen-bond donors (Lipinski definition) is 6. The molecule has 2 saturated carbocycles. The van der Waals surface area contributed by atoms with E-state index in [2.05, 4.69) is 48.1 Å². The van der Waals surface area contributed by atoms with E-state index in [4.69, 9.17) is 0 Å². The summed E-state index contributed by atoms with van der Waals surface area (Å²) in [7, 11) is -3.99. The van der Waals surface area contributed by atoms with Crippen LogP contribution < -0.4 is 0 Å². The van der Waals surface area contributed by atoms with Gasteiger partial charge in [-0.25, -0.2) is 8.42 Å². The third kappa shape index (κ3) is 4.67. The van der Waals surface area contributed by atoms with Crippen LogP contribution >= 0.6 is 0 Å². The minimum Gasteiger partial charge on any atom is -0.481 e. The van der Waals surface area contributed by atoms with Gasteiger partial charge in [0.05, 0.1) is 32.8 Å². The number of H-pyrrole nitrogens is 2. The highest BCUT2D eigenvalue weighted by atomic mass is 32.2. The van der Waals surface area contributed by atoms with E-state index in [0.717, 1.165) is 65.9 Å². The van der Waals surface area contributed by atoms with Gasteiger partial charge in [0, 0.05) is 43.6 Å². The summed E-state index contributed by atoms with van der Waals surface area (Å²) in [6.45, 7) is 7.62. The summed E-state index contributed by atoms with van der Waals surface area (Å²) in [5.74, 6) is -2.46. The number of carboxylic acids is 2. The van der Waals surface area contributed by atoms with Gasteiger partial charge in [-0.2, -0.15) is 0 Å². The number of nitrogens with one attached hydrogen (secondary N) is 2. The highest BCUT2D eigenvalue weighted by Crippen LogP contribution is 2.59. The van der Waals surface area contributed by atoms with Gasteiger partial charge in [0.15, 0.2) is 0 Å². The smallest absolute Gasteiger partial charge is 0.312 e. The number of aromatic amines is 2. The molecule has 2 aromatic heterocycles. The van der Waals surface area contributed by atoms with Crippen LogP contribution in [-0.2, 0) is 43.1 Å². The molecule has 0 radical (unpaired) electrons. The minimum atomic E-state index is -3.99. The van der Waals surface area contributed by atoms with Crippen molar-refractivity contribution in [3.63, 3.8) is 0 Å². The zero-order valence-corrected chi connectivity index (χ0v) is 33.4. The summed E-state index contributed by atoms with van der Waals surface area (Å²) in [5, 5.41) is 45.9. The highest BCUT2D eigenvalue weighted by Gasteiger charge is 2.60. The molecule has 11 heteroatoms. The molecule has 0 aliphatic heterocycles. The van der Waals surface area contributed by atoms with Gasteiger partial charge in [0.1, 0.15) is 0 Å². The Morgan fingerprint density at radius 2 is 0.965 bits per heavy atom. The fraction of sp³-hybridized carbons (Fsp3) is 0.435. The van der Waals surface area contributed by atoms with E-state index in [-0.39, 0.29) is 21.6 Å². The quantitative estimate of drug-likeness (QED) is 0.104. The van der Waals surface area contributed by atoms with Crippen LogP contribution in [0.5, 0.6) is 0 Å². The van der Waals surface area contributed by atoms with Crippen molar-refractivity contribution < 1.29 is 38.4 Å². The average molecular weight is 789 g/mol. The lowest BCUT2D eigenvalue weighted by atomic mass is 9.49. The first kappa shape index (κ1) is 36.6. The molecule has 8 atom stereocenters. The predicted molar refractivity (Wildman–Crippen MR) is 217 cm³/mol. The molecular weight excluding hydrogens is 741 g/mol. The molecule has 4 aliphatic carbocycles.